The molecule has 2 aromatic rings. The second kappa shape index (κ2) is 6.43. The third kappa shape index (κ3) is 3.62. The predicted octanol–water partition coefficient (Wildman–Crippen LogP) is 5.01. The van der Waals surface area contributed by atoms with Crippen LogP contribution in [0, 0.1) is 6.92 Å². The van der Waals surface area contributed by atoms with Crippen LogP contribution in [0.2, 0.25) is 5.02 Å². The van der Waals surface area contributed by atoms with Crippen LogP contribution in [0.4, 0.5) is 0 Å². The molecule has 0 amide bonds. The lowest BCUT2D eigenvalue weighted by molar-refractivity contribution is 0.716. The van der Waals surface area contributed by atoms with Gasteiger partial charge in [-0.15, -0.1) is 0 Å². The van der Waals surface area contributed by atoms with Gasteiger partial charge in [0.15, 0.2) is 0 Å². The Bertz CT molecular complexity index is 572. The molecular weight excluding hydrogens is 266 g/mol. The highest BCUT2D eigenvalue weighted by Crippen LogP contribution is 2.24. The van der Waals surface area contributed by atoms with Gasteiger partial charge in [0.2, 0.25) is 0 Å². The van der Waals surface area contributed by atoms with Crippen molar-refractivity contribution >= 4 is 11.6 Å². The van der Waals surface area contributed by atoms with Crippen LogP contribution in [0.5, 0.6) is 0 Å². The standard InChI is InChI=1S/C18H22ClN/c1-12(2)15-7-5-14(6-8-15)10-18(20)17-11-16(19)9-4-13(17)3/h4-9,11-12,18H,10,20H2,1-3H3. The maximum atomic E-state index is 6.34. The Morgan fingerprint density at radius 3 is 2.30 bits per heavy atom. The van der Waals surface area contributed by atoms with Crippen molar-refractivity contribution in [2.45, 2.75) is 39.2 Å². The van der Waals surface area contributed by atoms with Gasteiger partial charge in [-0.05, 0) is 53.6 Å². The summed E-state index contributed by atoms with van der Waals surface area (Å²) in [7, 11) is 0. The number of rotatable bonds is 4. The highest BCUT2D eigenvalue weighted by atomic mass is 35.5. The van der Waals surface area contributed by atoms with Crippen LogP contribution in [0.1, 0.15) is 48.1 Å². The number of hydrogen-bond acceptors (Lipinski definition) is 1. The molecule has 1 atom stereocenters. The Kier molecular flexibility index (Phi) is 4.85. The summed E-state index contributed by atoms with van der Waals surface area (Å²) < 4.78 is 0. The Morgan fingerprint density at radius 2 is 1.70 bits per heavy atom. The first-order valence-electron chi connectivity index (χ1n) is 7.08. The monoisotopic (exact) mass is 287 g/mol. The Labute approximate surface area is 126 Å². The van der Waals surface area contributed by atoms with Gasteiger partial charge in [-0.1, -0.05) is 55.8 Å². The van der Waals surface area contributed by atoms with Gasteiger partial charge in [-0.2, -0.15) is 0 Å². The van der Waals surface area contributed by atoms with Crippen LogP contribution < -0.4 is 5.73 Å². The van der Waals surface area contributed by atoms with E-state index in [4.69, 9.17) is 17.3 Å². The summed E-state index contributed by atoms with van der Waals surface area (Å²) >= 11 is 6.06. The highest BCUT2D eigenvalue weighted by Gasteiger charge is 2.11. The van der Waals surface area contributed by atoms with Crippen molar-refractivity contribution in [3.8, 4) is 0 Å². The summed E-state index contributed by atoms with van der Waals surface area (Å²) in [5.41, 5.74) is 11.3. The molecule has 2 heteroatoms. The maximum absolute atomic E-state index is 6.34. The summed E-state index contributed by atoms with van der Waals surface area (Å²) in [5.74, 6) is 0.563. The van der Waals surface area contributed by atoms with Crippen molar-refractivity contribution in [1.29, 1.82) is 0 Å². The van der Waals surface area contributed by atoms with Crippen molar-refractivity contribution in [1.82, 2.24) is 0 Å². The zero-order valence-electron chi connectivity index (χ0n) is 12.4. The number of aryl methyl sites for hydroxylation is 1. The first-order chi connectivity index (χ1) is 9.47. The predicted molar refractivity (Wildman–Crippen MR) is 87.4 cm³/mol. The highest BCUT2D eigenvalue weighted by molar-refractivity contribution is 6.30. The fraction of sp³-hybridized carbons (Fsp3) is 0.333. The van der Waals surface area contributed by atoms with Gasteiger partial charge in [0, 0.05) is 11.1 Å². The van der Waals surface area contributed by atoms with Crippen molar-refractivity contribution in [2.75, 3.05) is 0 Å². The van der Waals surface area contributed by atoms with Gasteiger partial charge in [-0.25, -0.2) is 0 Å². The van der Waals surface area contributed by atoms with E-state index in [9.17, 15) is 0 Å². The van der Waals surface area contributed by atoms with Gasteiger partial charge in [-0.3, -0.25) is 0 Å². The van der Waals surface area contributed by atoms with Gasteiger partial charge in [0.05, 0.1) is 0 Å². The summed E-state index contributed by atoms with van der Waals surface area (Å²) in [6, 6.07) is 14.6. The number of benzene rings is 2. The fourth-order valence-corrected chi connectivity index (χ4v) is 2.59. The van der Waals surface area contributed by atoms with Crippen molar-refractivity contribution < 1.29 is 0 Å². The third-order valence-electron chi connectivity index (χ3n) is 3.74. The molecular formula is C18H22ClN. The molecule has 0 heterocycles. The third-order valence-corrected chi connectivity index (χ3v) is 3.98. The maximum Gasteiger partial charge on any atom is 0.0409 e. The van der Waals surface area contributed by atoms with Crippen LogP contribution >= 0.6 is 11.6 Å². The Balaban J connectivity index is 2.14. The van der Waals surface area contributed by atoms with Crippen molar-refractivity contribution in [2.24, 2.45) is 5.73 Å². The lowest BCUT2D eigenvalue weighted by atomic mass is 9.94. The van der Waals surface area contributed by atoms with E-state index in [0.29, 0.717) is 5.92 Å². The van der Waals surface area contributed by atoms with E-state index in [2.05, 4.69) is 45.0 Å². The van der Waals surface area contributed by atoms with E-state index in [1.165, 1.54) is 16.7 Å². The number of halogens is 1. The molecule has 20 heavy (non-hydrogen) atoms. The lowest BCUT2D eigenvalue weighted by Gasteiger charge is -2.16. The van der Waals surface area contributed by atoms with E-state index >= 15 is 0 Å². The quantitative estimate of drug-likeness (QED) is 0.840. The molecule has 0 aliphatic rings. The SMILES string of the molecule is Cc1ccc(Cl)cc1C(N)Cc1ccc(C(C)C)cc1. The second-order valence-electron chi connectivity index (χ2n) is 5.71. The molecule has 0 spiro atoms. The smallest absolute Gasteiger partial charge is 0.0409 e. The molecule has 0 bridgehead atoms. The lowest BCUT2D eigenvalue weighted by Crippen LogP contribution is -2.14. The summed E-state index contributed by atoms with van der Waals surface area (Å²) in [6.45, 7) is 6.49. The molecule has 0 aliphatic carbocycles. The molecule has 0 aliphatic heterocycles. The summed E-state index contributed by atoms with van der Waals surface area (Å²) in [5, 5.41) is 0.746. The average molecular weight is 288 g/mol. The van der Waals surface area contributed by atoms with Crippen LogP contribution in [0.3, 0.4) is 0 Å². The normalized spacial score (nSPS) is 12.7. The number of hydrogen-bond donors (Lipinski definition) is 1. The van der Waals surface area contributed by atoms with Crippen molar-refractivity contribution in [3.63, 3.8) is 0 Å². The van der Waals surface area contributed by atoms with Gasteiger partial charge in [0.25, 0.3) is 0 Å². The zero-order valence-corrected chi connectivity index (χ0v) is 13.1. The van der Waals surface area contributed by atoms with Crippen LogP contribution in [0.15, 0.2) is 42.5 Å². The Morgan fingerprint density at radius 1 is 1.05 bits per heavy atom. The van der Waals surface area contributed by atoms with E-state index in [1.54, 1.807) is 0 Å². The van der Waals surface area contributed by atoms with E-state index < -0.39 is 0 Å². The first kappa shape index (κ1) is 15.1. The average Bonchev–Trinajstić information content (AvgIpc) is 2.42. The minimum Gasteiger partial charge on any atom is -0.324 e. The van der Waals surface area contributed by atoms with Crippen molar-refractivity contribution in [3.05, 3.63) is 69.7 Å². The minimum atomic E-state index is -0.0152. The molecule has 0 aromatic heterocycles. The molecule has 2 aromatic carbocycles. The van der Waals surface area contributed by atoms with Crippen LogP contribution in [0.25, 0.3) is 0 Å². The van der Waals surface area contributed by atoms with E-state index in [-0.39, 0.29) is 6.04 Å². The van der Waals surface area contributed by atoms with E-state index in [0.717, 1.165) is 17.0 Å². The molecule has 1 nitrogen and oxygen atoms in total. The van der Waals surface area contributed by atoms with Gasteiger partial charge >= 0.3 is 0 Å². The number of nitrogens with two attached hydrogens (primary N) is 1. The molecule has 0 saturated heterocycles. The fourth-order valence-electron chi connectivity index (χ4n) is 2.41. The first-order valence-corrected chi connectivity index (χ1v) is 7.45. The summed E-state index contributed by atoms with van der Waals surface area (Å²) in [6.07, 6.45) is 0.833. The Hall–Kier alpha value is -1.31. The largest absolute Gasteiger partial charge is 0.324 e. The molecule has 2 N–H and O–H groups in total. The molecule has 0 radical (unpaired) electrons. The minimum absolute atomic E-state index is 0.0152. The van der Waals surface area contributed by atoms with E-state index in [1.807, 2.05) is 18.2 Å². The topological polar surface area (TPSA) is 26.0 Å². The molecule has 0 fully saturated rings. The van der Waals surface area contributed by atoms with Crippen LogP contribution in [-0.4, -0.2) is 0 Å². The van der Waals surface area contributed by atoms with Crippen LogP contribution in [-0.2, 0) is 6.42 Å². The molecule has 106 valence electrons. The van der Waals surface area contributed by atoms with Gasteiger partial charge in [0.1, 0.15) is 0 Å². The molecule has 0 saturated carbocycles. The van der Waals surface area contributed by atoms with Gasteiger partial charge < -0.3 is 5.73 Å². The summed E-state index contributed by atoms with van der Waals surface area (Å²) in [4.78, 5) is 0. The molecule has 2 rings (SSSR count). The molecule has 1 unspecified atom stereocenters. The second-order valence-corrected chi connectivity index (χ2v) is 6.14. The zero-order chi connectivity index (χ0) is 14.7.